The Morgan fingerprint density at radius 3 is 2.59 bits per heavy atom. The van der Waals surface area contributed by atoms with E-state index in [1.807, 2.05) is 6.07 Å². The van der Waals surface area contributed by atoms with E-state index in [-0.39, 0.29) is 11.4 Å². The van der Waals surface area contributed by atoms with Crippen molar-refractivity contribution in [3.05, 3.63) is 35.6 Å². The van der Waals surface area contributed by atoms with E-state index in [9.17, 15) is 4.39 Å². The van der Waals surface area contributed by atoms with Crippen LogP contribution >= 0.6 is 0 Å². The molecule has 0 radical (unpaired) electrons. The summed E-state index contributed by atoms with van der Waals surface area (Å²) in [4.78, 5) is 4.11. The Balaban J connectivity index is 2.54. The molecule has 0 aliphatic rings. The number of hydrogen-bond acceptors (Lipinski definition) is 1. The molecule has 0 aromatic heterocycles. The average molecular weight is 237 g/mol. The summed E-state index contributed by atoms with van der Waals surface area (Å²) >= 11 is 0. The Bertz CT molecular complexity index is 394. The molecule has 0 atom stereocenters. The van der Waals surface area contributed by atoms with Crippen LogP contribution in [0.2, 0.25) is 0 Å². The normalized spacial score (nSPS) is 12.4. The molecule has 0 spiro atoms. The van der Waals surface area contributed by atoms with Gasteiger partial charge >= 0.3 is 0 Å². The first-order valence-corrected chi connectivity index (χ1v) is 5.64. The first kappa shape index (κ1) is 13.5. The first-order chi connectivity index (χ1) is 7.90. The number of aliphatic imine (C=N–C) groups is 1. The zero-order valence-electron chi connectivity index (χ0n) is 10.8. The molecule has 2 N–H and O–H groups in total. The van der Waals surface area contributed by atoms with Crippen LogP contribution in [0.4, 0.5) is 4.39 Å². The lowest BCUT2D eigenvalue weighted by Gasteiger charge is -2.23. The molecule has 3 nitrogen and oxygen atoms in total. The fourth-order valence-electron chi connectivity index (χ4n) is 1.37. The maximum absolute atomic E-state index is 13.0. The van der Waals surface area contributed by atoms with Crippen molar-refractivity contribution in [1.82, 2.24) is 10.6 Å². The number of halogens is 1. The standard InChI is InChI=1S/C13H20FN3/c1-13(2,3)17-12(15-4)16-9-10-6-5-7-11(14)8-10/h5-8H,9H2,1-4H3,(H2,15,16,17). The van der Waals surface area contributed by atoms with Crippen LogP contribution in [0.3, 0.4) is 0 Å². The number of rotatable bonds is 2. The fraction of sp³-hybridized carbons (Fsp3) is 0.462. The summed E-state index contributed by atoms with van der Waals surface area (Å²) in [6, 6.07) is 6.52. The minimum atomic E-state index is -0.219. The highest BCUT2D eigenvalue weighted by Gasteiger charge is 2.11. The Labute approximate surface area is 102 Å². The summed E-state index contributed by atoms with van der Waals surface area (Å²) in [6.07, 6.45) is 0. The molecule has 0 saturated heterocycles. The van der Waals surface area contributed by atoms with Gasteiger partial charge in [0.05, 0.1) is 0 Å². The molecule has 0 heterocycles. The minimum absolute atomic E-state index is 0.0518. The number of nitrogens with one attached hydrogen (secondary N) is 2. The summed E-state index contributed by atoms with van der Waals surface area (Å²) in [5, 5.41) is 6.38. The maximum atomic E-state index is 13.0. The molecule has 0 fully saturated rings. The van der Waals surface area contributed by atoms with Crippen molar-refractivity contribution in [2.24, 2.45) is 4.99 Å². The van der Waals surface area contributed by atoms with Gasteiger partial charge in [-0.25, -0.2) is 4.39 Å². The van der Waals surface area contributed by atoms with Crippen LogP contribution in [0.25, 0.3) is 0 Å². The molecule has 1 rings (SSSR count). The summed E-state index contributed by atoms with van der Waals surface area (Å²) in [5.41, 5.74) is 0.839. The van der Waals surface area contributed by atoms with Gasteiger partial charge in [0.25, 0.3) is 0 Å². The Morgan fingerprint density at radius 1 is 1.35 bits per heavy atom. The Morgan fingerprint density at radius 2 is 2.06 bits per heavy atom. The highest BCUT2D eigenvalue weighted by atomic mass is 19.1. The lowest BCUT2D eigenvalue weighted by atomic mass is 10.1. The van der Waals surface area contributed by atoms with Gasteiger partial charge in [-0.1, -0.05) is 12.1 Å². The third-order valence-electron chi connectivity index (χ3n) is 2.07. The zero-order chi connectivity index (χ0) is 12.9. The summed E-state index contributed by atoms with van der Waals surface area (Å²) < 4.78 is 13.0. The van der Waals surface area contributed by atoms with Crippen molar-refractivity contribution < 1.29 is 4.39 Å². The second kappa shape index (κ2) is 5.66. The smallest absolute Gasteiger partial charge is 0.191 e. The lowest BCUT2D eigenvalue weighted by Crippen LogP contribution is -2.47. The van der Waals surface area contributed by atoms with Crippen LogP contribution in [-0.2, 0) is 6.54 Å². The van der Waals surface area contributed by atoms with Crippen molar-refractivity contribution in [1.29, 1.82) is 0 Å². The van der Waals surface area contributed by atoms with Gasteiger partial charge in [0.2, 0.25) is 0 Å². The van der Waals surface area contributed by atoms with Crippen LogP contribution in [0.1, 0.15) is 26.3 Å². The first-order valence-electron chi connectivity index (χ1n) is 5.64. The van der Waals surface area contributed by atoms with Crippen LogP contribution < -0.4 is 10.6 Å². The van der Waals surface area contributed by atoms with E-state index in [0.717, 1.165) is 5.56 Å². The fourth-order valence-corrected chi connectivity index (χ4v) is 1.37. The van der Waals surface area contributed by atoms with Gasteiger partial charge in [0.15, 0.2) is 5.96 Å². The number of benzene rings is 1. The number of hydrogen-bond donors (Lipinski definition) is 2. The van der Waals surface area contributed by atoms with E-state index in [2.05, 4.69) is 36.4 Å². The van der Waals surface area contributed by atoms with E-state index >= 15 is 0 Å². The predicted octanol–water partition coefficient (Wildman–Crippen LogP) is 2.29. The SMILES string of the molecule is CN=C(NCc1cccc(F)c1)NC(C)(C)C. The average Bonchev–Trinajstić information content (AvgIpc) is 2.23. The van der Waals surface area contributed by atoms with Crippen molar-refractivity contribution in [3.8, 4) is 0 Å². The van der Waals surface area contributed by atoms with Crippen molar-refractivity contribution in [3.63, 3.8) is 0 Å². The molecule has 0 bridgehead atoms. The van der Waals surface area contributed by atoms with E-state index < -0.39 is 0 Å². The van der Waals surface area contributed by atoms with E-state index in [4.69, 9.17) is 0 Å². The maximum Gasteiger partial charge on any atom is 0.191 e. The largest absolute Gasteiger partial charge is 0.352 e. The molecule has 0 aliphatic carbocycles. The molecule has 1 aromatic rings. The van der Waals surface area contributed by atoms with Crippen LogP contribution in [0, 0.1) is 5.82 Å². The van der Waals surface area contributed by atoms with E-state index in [1.54, 1.807) is 13.1 Å². The Kier molecular flexibility index (Phi) is 4.49. The molecule has 94 valence electrons. The molecular weight excluding hydrogens is 217 g/mol. The molecule has 0 amide bonds. The molecule has 0 aliphatic heterocycles. The monoisotopic (exact) mass is 237 g/mol. The molecule has 17 heavy (non-hydrogen) atoms. The molecule has 0 unspecified atom stereocenters. The second-order valence-corrected chi connectivity index (χ2v) is 4.93. The van der Waals surface area contributed by atoms with Gasteiger partial charge in [-0.05, 0) is 38.5 Å². The number of guanidine groups is 1. The van der Waals surface area contributed by atoms with Gasteiger partial charge in [-0.2, -0.15) is 0 Å². The van der Waals surface area contributed by atoms with Crippen LogP contribution in [0.15, 0.2) is 29.3 Å². The third-order valence-corrected chi connectivity index (χ3v) is 2.07. The van der Waals surface area contributed by atoms with Gasteiger partial charge in [-0.15, -0.1) is 0 Å². The van der Waals surface area contributed by atoms with Crippen molar-refractivity contribution >= 4 is 5.96 Å². The minimum Gasteiger partial charge on any atom is -0.352 e. The van der Waals surface area contributed by atoms with Gasteiger partial charge in [-0.3, -0.25) is 4.99 Å². The van der Waals surface area contributed by atoms with E-state index in [0.29, 0.717) is 12.5 Å². The van der Waals surface area contributed by atoms with Crippen molar-refractivity contribution in [2.45, 2.75) is 32.9 Å². The second-order valence-electron chi connectivity index (χ2n) is 4.93. The van der Waals surface area contributed by atoms with Crippen molar-refractivity contribution in [2.75, 3.05) is 7.05 Å². The highest BCUT2D eigenvalue weighted by molar-refractivity contribution is 5.80. The molecule has 0 saturated carbocycles. The third kappa shape index (κ3) is 5.33. The molecule has 4 heteroatoms. The van der Waals surface area contributed by atoms with Gasteiger partial charge in [0.1, 0.15) is 5.82 Å². The van der Waals surface area contributed by atoms with Crippen LogP contribution in [-0.4, -0.2) is 18.5 Å². The summed E-state index contributed by atoms with van der Waals surface area (Å²) in [5.74, 6) is 0.491. The summed E-state index contributed by atoms with van der Waals surface area (Å²) in [6.45, 7) is 6.72. The van der Waals surface area contributed by atoms with E-state index in [1.165, 1.54) is 12.1 Å². The van der Waals surface area contributed by atoms with Gasteiger partial charge < -0.3 is 10.6 Å². The van der Waals surface area contributed by atoms with Gasteiger partial charge in [0, 0.05) is 19.1 Å². The topological polar surface area (TPSA) is 36.4 Å². The Hall–Kier alpha value is -1.58. The van der Waals surface area contributed by atoms with Crippen LogP contribution in [0.5, 0.6) is 0 Å². The number of nitrogens with zero attached hydrogens (tertiary/aromatic N) is 1. The molecular formula is C13H20FN3. The quantitative estimate of drug-likeness (QED) is 0.611. The molecule has 1 aromatic carbocycles. The highest BCUT2D eigenvalue weighted by Crippen LogP contribution is 2.03. The summed E-state index contributed by atoms with van der Waals surface area (Å²) in [7, 11) is 1.71. The lowest BCUT2D eigenvalue weighted by molar-refractivity contribution is 0.501. The zero-order valence-corrected chi connectivity index (χ0v) is 10.8. The predicted molar refractivity (Wildman–Crippen MR) is 69.5 cm³/mol.